The molecule has 0 aromatic heterocycles. The Balaban J connectivity index is 1.50. The minimum absolute atomic E-state index is 0.00142. The van der Waals surface area contributed by atoms with E-state index in [2.05, 4.69) is 5.32 Å². The van der Waals surface area contributed by atoms with E-state index in [0.717, 1.165) is 43.4 Å². The summed E-state index contributed by atoms with van der Waals surface area (Å²) in [5, 5.41) is 3.11. The Kier molecular flexibility index (Phi) is 6.95. The molecule has 4 rings (SSSR count). The van der Waals surface area contributed by atoms with E-state index in [1.165, 1.54) is 12.1 Å². The monoisotopic (exact) mass is 465 g/mol. The third-order valence-electron chi connectivity index (χ3n) is 7.09. The Morgan fingerprint density at radius 2 is 1.58 bits per heavy atom. The fourth-order valence-corrected chi connectivity index (χ4v) is 5.20. The van der Waals surface area contributed by atoms with Gasteiger partial charge in [0.25, 0.3) is 0 Å². The minimum Gasteiger partial charge on any atom is -0.351 e. The summed E-state index contributed by atoms with van der Waals surface area (Å²) in [5.74, 6) is -0.0532. The second-order valence-electron chi connectivity index (χ2n) is 9.45. The molecule has 9 heteroatoms. The van der Waals surface area contributed by atoms with E-state index in [-0.39, 0.29) is 35.6 Å². The van der Waals surface area contributed by atoms with Crippen molar-refractivity contribution in [2.24, 2.45) is 5.92 Å². The van der Waals surface area contributed by atoms with Crippen LogP contribution in [0, 0.1) is 5.92 Å². The molecule has 1 aromatic carbocycles. The van der Waals surface area contributed by atoms with Gasteiger partial charge in [-0.3, -0.25) is 9.59 Å². The number of urea groups is 1. The second-order valence-corrected chi connectivity index (χ2v) is 9.45. The molecule has 0 bridgehead atoms. The third-order valence-corrected chi connectivity index (χ3v) is 7.09. The maximum atomic E-state index is 13.2. The van der Waals surface area contributed by atoms with Crippen LogP contribution in [0.3, 0.4) is 0 Å². The molecule has 3 amide bonds. The summed E-state index contributed by atoms with van der Waals surface area (Å²) in [5.41, 5.74) is 0.00787. The molecule has 2 unspecified atom stereocenters. The van der Waals surface area contributed by atoms with Gasteiger partial charge in [-0.15, -0.1) is 0 Å². The maximum absolute atomic E-state index is 13.2. The smallest absolute Gasteiger partial charge is 0.351 e. The van der Waals surface area contributed by atoms with Gasteiger partial charge in [-0.1, -0.05) is 25.0 Å². The lowest BCUT2D eigenvalue weighted by atomic mass is 9.87. The van der Waals surface area contributed by atoms with Crippen molar-refractivity contribution in [3.63, 3.8) is 0 Å². The molecule has 6 nitrogen and oxygen atoms in total. The molecule has 2 heterocycles. The van der Waals surface area contributed by atoms with Crippen molar-refractivity contribution in [2.45, 2.75) is 63.1 Å². The van der Waals surface area contributed by atoms with Crippen LogP contribution in [0.25, 0.3) is 0 Å². The molecule has 2 atom stereocenters. The van der Waals surface area contributed by atoms with Crippen LogP contribution in [0.4, 0.5) is 18.0 Å². The Morgan fingerprint density at radius 3 is 2.18 bits per heavy atom. The largest absolute Gasteiger partial charge is 0.416 e. The minimum atomic E-state index is -4.41. The SMILES string of the molecule is O=C1CCN(C(=O)N2CC(NC(=O)C3CCCC3)CC(c3ccc(C(F)(F)F)cc3)C2)CC1. The summed E-state index contributed by atoms with van der Waals surface area (Å²) in [6, 6.07) is 4.62. The normalized spacial score (nSPS) is 24.8. The Labute approximate surface area is 191 Å². The first-order chi connectivity index (χ1) is 15.7. The van der Waals surface area contributed by atoms with Gasteiger partial charge >= 0.3 is 12.2 Å². The maximum Gasteiger partial charge on any atom is 0.416 e. The zero-order chi connectivity index (χ0) is 23.6. The third kappa shape index (κ3) is 5.68. The van der Waals surface area contributed by atoms with Crippen molar-refractivity contribution in [1.29, 1.82) is 0 Å². The Morgan fingerprint density at radius 1 is 0.939 bits per heavy atom. The highest BCUT2D eigenvalue weighted by atomic mass is 19.4. The van der Waals surface area contributed by atoms with Crippen LogP contribution >= 0.6 is 0 Å². The van der Waals surface area contributed by atoms with E-state index in [0.29, 0.717) is 45.4 Å². The predicted octanol–water partition coefficient (Wildman–Crippen LogP) is 3.95. The molecule has 1 saturated carbocycles. The van der Waals surface area contributed by atoms with Gasteiger partial charge in [0, 0.05) is 56.9 Å². The summed E-state index contributed by atoms with van der Waals surface area (Å²) in [6.45, 7) is 1.47. The number of carbonyl (C=O) groups is 3. The van der Waals surface area contributed by atoms with Gasteiger partial charge in [-0.2, -0.15) is 13.2 Å². The number of Topliss-reactive ketones (excluding diaryl/α,β-unsaturated/α-hetero) is 1. The molecule has 180 valence electrons. The molecule has 33 heavy (non-hydrogen) atoms. The highest BCUT2D eigenvalue weighted by Gasteiger charge is 2.36. The highest BCUT2D eigenvalue weighted by molar-refractivity contribution is 5.83. The summed E-state index contributed by atoms with van der Waals surface area (Å²) in [6.07, 6.45) is 0.636. The number of hydrogen-bond donors (Lipinski definition) is 1. The van der Waals surface area contributed by atoms with Crippen LogP contribution < -0.4 is 5.32 Å². The fourth-order valence-electron chi connectivity index (χ4n) is 5.20. The lowest BCUT2D eigenvalue weighted by Crippen LogP contribution is -2.56. The number of piperidine rings is 2. The molecule has 1 aliphatic carbocycles. The molecule has 1 N–H and O–H groups in total. The molecular formula is C24H30F3N3O3. The zero-order valence-corrected chi connectivity index (χ0v) is 18.6. The number of benzene rings is 1. The molecule has 3 fully saturated rings. The van der Waals surface area contributed by atoms with E-state index < -0.39 is 11.7 Å². The van der Waals surface area contributed by atoms with Gasteiger partial charge in [0.1, 0.15) is 5.78 Å². The number of likely N-dealkylation sites (tertiary alicyclic amines) is 2. The average molecular weight is 466 g/mol. The van der Waals surface area contributed by atoms with Crippen molar-refractivity contribution in [3.8, 4) is 0 Å². The van der Waals surface area contributed by atoms with Crippen LogP contribution in [0.5, 0.6) is 0 Å². The number of halogens is 3. The van der Waals surface area contributed by atoms with Gasteiger partial charge < -0.3 is 15.1 Å². The van der Waals surface area contributed by atoms with Gasteiger partial charge in [0.2, 0.25) is 5.91 Å². The number of amides is 3. The zero-order valence-electron chi connectivity index (χ0n) is 18.6. The van der Waals surface area contributed by atoms with Gasteiger partial charge in [0.05, 0.1) is 5.56 Å². The highest BCUT2D eigenvalue weighted by Crippen LogP contribution is 2.33. The van der Waals surface area contributed by atoms with Crippen LogP contribution in [0.2, 0.25) is 0 Å². The average Bonchev–Trinajstić information content (AvgIpc) is 3.34. The molecule has 1 aromatic rings. The number of nitrogens with zero attached hydrogens (tertiary/aromatic N) is 2. The first-order valence-corrected chi connectivity index (χ1v) is 11.7. The first-order valence-electron chi connectivity index (χ1n) is 11.7. The topological polar surface area (TPSA) is 69.7 Å². The van der Waals surface area contributed by atoms with E-state index in [4.69, 9.17) is 0 Å². The van der Waals surface area contributed by atoms with E-state index in [1.807, 2.05) is 0 Å². The van der Waals surface area contributed by atoms with Crippen LogP contribution in [0.15, 0.2) is 24.3 Å². The predicted molar refractivity (Wildman–Crippen MR) is 115 cm³/mol. The van der Waals surface area contributed by atoms with Crippen molar-refractivity contribution in [1.82, 2.24) is 15.1 Å². The van der Waals surface area contributed by atoms with E-state index >= 15 is 0 Å². The Bertz CT molecular complexity index is 871. The summed E-state index contributed by atoms with van der Waals surface area (Å²) in [7, 11) is 0. The molecule has 2 aliphatic heterocycles. The molecule has 3 aliphatic rings. The number of rotatable bonds is 3. The fraction of sp³-hybridized carbons (Fsp3) is 0.625. The van der Waals surface area contributed by atoms with Gasteiger partial charge in [-0.25, -0.2) is 4.79 Å². The molecule has 0 spiro atoms. The van der Waals surface area contributed by atoms with Gasteiger partial charge in [-0.05, 0) is 37.0 Å². The van der Waals surface area contributed by atoms with Crippen molar-refractivity contribution in [3.05, 3.63) is 35.4 Å². The number of ketones is 1. The standard InChI is InChI=1S/C24H30F3N3O3/c25-24(26,27)19-7-5-16(6-8-19)18-13-20(28-22(32)17-3-1-2-4-17)15-30(14-18)23(33)29-11-9-21(31)10-12-29/h5-8,17-18,20H,1-4,9-15H2,(H,28,32). The Hall–Kier alpha value is -2.58. The van der Waals surface area contributed by atoms with E-state index in [1.54, 1.807) is 9.80 Å². The summed E-state index contributed by atoms with van der Waals surface area (Å²) in [4.78, 5) is 40.8. The molecular weight excluding hydrogens is 435 g/mol. The summed E-state index contributed by atoms with van der Waals surface area (Å²) >= 11 is 0. The second kappa shape index (κ2) is 9.73. The molecule has 0 radical (unpaired) electrons. The number of alkyl halides is 3. The number of carbonyl (C=O) groups excluding carboxylic acids is 3. The molecule has 2 saturated heterocycles. The van der Waals surface area contributed by atoms with Crippen LogP contribution in [-0.2, 0) is 15.8 Å². The number of hydrogen-bond acceptors (Lipinski definition) is 3. The first kappa shape index (κ1) is 23.6. The van der Waals surface area contributed by atoms with E-state index in [9.17, 15) is 27.6 Å². The number of nitrogens with one attached hydrogen (secondary N) is 1. The lowest BCUT2D eigenvalue weighted by Gasteiger charge is -2.41. The van der Waals surface area contributed by atoms with Crippen molar-refractivity contribution >= 4 is 17.7 Å². The van der Waals surface area contributed by atoms with Crippen LogP contribution in [-0.4, -0.2) is 59.7 Å². The van der Waals surface area contributed by atoms with Crippen molar-refractivity contribution in [2.75, 3.05) is 26.2 Å². The van der Waals surface area contributed by atoms with Gasteiger partial charge in [0.15, 0.2) is 0 Å². The summed E-state index contributed by atoms with van der Waals surface area (Å²) < 4.78 is 39.0. The quantitative estimate of drug-likeness (QED) is 0.735. The lowest BCUT2D eigenvalue weighted by molar-refractivity contribution is -0.137. The van der Waals surface area contributed by atoms with Crippen molar-refractivity contribution < 1.29 is 27.6 Å². The van der Waals surface area contributed by atoms with Crippen LogP contribution in [0.1, 0.15) is 62.0 Å².